The number of hydrogen-bond acceptors (Lipinski definition) is 4. The zero-order valence-corrected chi connectivity index (χ0v) is 20.5. The van der Waals surface area contributed by atoms with Crippen LogP contribution in [0.1, 0.15) is 60.5 Å². The minimum Gasteiger partial charge on any atom is -0.383 e. The van der Waals surface area contributed by atoms with Crippen LogP contribution in [-0.2, 0) is 11.8 Å². The third-order valence-corrected chi connectivity index (χ3v) is 6.76. The number of aliphatic hydroxyl groups is 1. The minimum atomic E-state index is -0.927. The molecule has 3 aromatic rings. The SMILES string of the molecule is CC(C)CC(O)C(=O)N1CCC(c2cn(C)c3ccc(NC(=O)c4cccc(C#N)c4)cc23)CC1. The van der Waals surface area contributed by atoms with Crippen molar-refractivity contribution in [2.75, 3.05) is 18.4 Å². The first-order valence-electron chi connectivity index (χ1n) is 12.1. The molecule has 2 amide bonds. The summed E-state index contributed by atoms with van der Waals surface area (Å²) in [6.45, 7) is 5.26. The van der Waals surface area contributed by atoms with Crippen molar-refractivity contribution in [3.05, 3.63) is 65.4 Å². The van der Waals surface area contributed by atoms with Gasteiger partial charge in [-0.15, -0.1) is 0 Å². The van der Waals surface area contributed by atoms with Crippen molar-refractivity contribution in [3.8, 4) is 6.07 Å². The summed E-state index contributed by atoms with van der Waals surface area (Å²) in [7, 11) is 2.01. The highest BCUT2D eigenvalue weighted by molar-refractivity contribution is 6.05. The maximum atomic E-state index is 12.7. The maximum Gasteiger partial charge on any atom is 0.255 e. The standard InChI is InChI=1S/C28H32N4O3/c1-18(2)13-26(33)28(35)32-11-9-20(10-12-32)24-17-31(3)25-8-7-22(15-23(24)25)30-27(34)21-6-4-5-19(14-21)16-29/h4-8,14-15,17-18,20,26,33H,9-13H2,1-3H3,(H,30,34). The highest BCUT2D eigenvalue weighted by Gasteiger charge is 2.29. The number of hydrogen-bond donors (Lipinski definition) is 2. The Kier molecular flexibility index (Phi) is 7.23. The zero-order valence-electron chi connectivity index (χ0n) is 20.5. The molecule has 1 atom stereocenters. The van der Waals surface area contributed by atoms with E-state index in [1.165, 1.54) is 5.56 Å². The number of aryl methyl sites for hydroxylation is 1. The number of nitrogens with zero attached hydrogens (tertiary/aromatic N) is 3. The van der Waals surface area contributed by atoms with E-state index in [0.29, 0.717) is 42.2 Å². The summed E-state index contributed by atoms with van der Waals surface area (Å²) in [5.41, 5.74) is 3.87. The highest BCUT2D eigenvalue weighted by atomic mass is 16.3. The van der Waals surface area contributed by atoms with Crippen LogP contribution in [0, 0.1) is 17.2 Å². The lowest BCUT2D eigenvalue weighted by Gasteiger charge is -2.33. The van der Waals surface area contributed by atoms with Crippen LogP contribution < -0.4 is 5.32 Å². The number of aliphatic hydroxyl groups excluding tert-OH is 1. The van der Waals surface area contributed by atoms with E-state index in [4.69, 9.17) is 5.26 Å². The van der Waals surface area contributed by atoms with Gasteiger partial charge < -0.3 is 19.9 Å². The van der Waals surface area contributed by atoms with Crippen molar-refractivity contribution in [2.45, 2.75) is 45.1 Å². The number of aromatic nitrogens is 1. The molecule has 1 unspecified atom stereocenters. The molecule has 0 spiro atoms. The fraction of sp³-hybridized carbons (Fsp3) is 0.393. The third-order valence-electron chi connectivity index (χ3n) is 6.76. The monoisotopic (exact) mass is 472 g/mol. The van der Waals surface area contributed by atoms with Gasteiger partial charge in [0.1, 0.15) is 6.10 Å². The van der Waals surface area contributed by atoms with E-state index in [0.717, 1.165) is 23.7 Å². The van der Waals surface area contributed by atoms with Crippen molar-refractivity contribution >= 4 is 28.4 Å². The fourth-order valence-corrected chi connectivity index (χ4v) is 4.93. The van der Waals surface area contributed by atoms with Gasteiger partial charge >= 0.3 is 0 Å². The Morgan fingerprint density at radius 2 is 1.91 bits per heavy atom. The van der Waals surface area contributed by atoms with Crippen molar-refractivity contribution in [3.63, 3.8) is 0 Å². The normalized spacial score (nSPS) is 15.3. The van der Waals surface area contributed by atoms with E-state index in [9.17, 15) is 14.7 Å². The molecule has 0 saturated carbocycles. The third kappa shape index (κ3) is 5.39. The average Bonchev–Trinajstić information content (AvgIpc) is 3.18. The van der Waals surface area contributed by atoms with Crippen LogP contribution in [0.15, 0.2) is 48.7 Å². The van der Waals surface area contributed by atoms with Crippen LogP contribution in [0.5, 0.6) is 0 Å². The van der Waals surface area contributed by atoms with Gasteiger partial charge in [0.25, 0.3) is 11.8 Å². The van der Waals surface area contributed by atoms with Gasteiger partial charge in [-0.05, 0) is 73.1 Å². The molecule has 35 heavy (non-hydrogen) atoms. The summed E-state index contributed by atoms with van der Waals surface area (Å²) < 4.78 is 2.09. The van der Waals surface area contributed by atoms with Crippen LogP contribution in [0.4, 0.5) is 5.69 Å². The molecule has 1 aromatic heterocycles. The lowest BCUT2D eigenvalue weighted by atomic mass is 9.88. The van der Waals surface area contributed by atoms with Crippen LogP contribution >= 0.6 is 0 Å². The lowest BCUT2D eigenvalue weighted by Crippen LogP contribution is -2.43. The number of fused-ring (bicyclic) bond motifs is 1. The Labute approximate surface area is 206 Å². The number of likely N-dealkylation sites (tertiary alicyclic amines) is 1. The summed E-state index contributed by atoms with van der Waals surface area (Å²) in [6, 6.07) is 14.6. The van der Waals surface area contributed by atoms with Crippen LogP contribution in [0.25, 0.3) is 10.9 Å². The molecule has 0 bridgehead atoms. The number of anilines is 1. The second-order valence-electron chi connectivity index (χ2n) is 9.82. The number of benzene rings is 2. The second-order valence-corrected chi connectivity index (χ2v) is 9.82. The highest BCUT2D eigenvalue weighted by Crippen LogP contribution is 2.35. The summed E-state index contributed by atoms with van der Waals surface area (Å²) in [5, 5.41) is 23.4. The number of amides is 2. The molecule has 2 aromatic carbocycles. The van der Waals surface area contributed by atoms with Crippen molar-refractivity contribution < 1.29 is 14.7 Å². The number of piperidine rings is 1. The number of carbonyl (C=O) groups excluding carboxylic acids is 2. The molecule has 1 aliphatic heterocycles. The van der Waals surface area contributed by atoms with Gasteiger partial charge in [0.2, 0.25) is 0 Å². The number of nitrogens with one attached hydrogen (secondary N) is 1. The number of rotatable bonds is 6. The summed E-state index contributed by atoms with van der Waals surface area (Å²) in [4.78, 5) is 27.1. The van der Waals surface area contributed by atoms with Gasteiger partial charge in [0.05, 0.1) is 11.6 Å². The van der Waals surface area contributed by atoms with Crippen LogP contribution in [0.3, 0.4) is 0 Å². The van der Waals surface area contributed by atoms with E-state index in [1.54, 1.807) is 29.2 Å². The molecule has 2 N–H and O–H groups in total. The van der Waals surface area contributed by atoms with Crippen molar-refractivity contribution in [1.82, 2.24) is 9.47 Å². The predicted molar refractivity (Wildman–Crippen MR) is 136 cm³/mol. The first kappa shape index (κ1) is 24.5. The Morgan fingerprint density at radius 1 is 1.17 bits per heavy atom. The van der Waals surface area contributed by atoms with E-state index < -0.39 is 6.10 Å². The Morgan fingerprint density at radius 3 is 2.60 bits per heavy atom. The van der Waals surface area contributed by atoms with Gasteiger partial charge in [-0.3, -0.25) is 9.59 Å². The molecule has 0 radical (unpaired) electrons. The Bertz CT molecular complexity index is 1280. The van der Waals surface area contributed by atoms with Gasteiger partial charge in [0, 0.05) is 48.5 Å². The van der Waals surface area contributed by atoms with E-state index in [1.807, 2.05) is 39.1 Å². The molecule has 1 saturated heterocycles. The molecule has 7 heteroatoms. The van der Waals surface area contributed by atoms with Crippen molar-refractivity contribution in [1.29, 1.82) is 5.26 Å². The Hall–Kier alpha value is -3.63. The molecule has 2 heterocycles. The molecule has 7 nitrogen and oxygen atoms in total. The second kappa shape index (κ2) is 10.3. The van der Waals surface area contributed by atoms with Gasteiger partial charge in [-0.25, -0.2) is 0 Å². The lowest BCUT2D eigenvalue weighted by molar-refractivity contribution is -0.142. The quantitative estimate of drug-likeness (QED) is 0.555. The summed E-state index contributed by atoms with van der Waals surface area (Å²) >= 11 is 0. The zero-order chi connectivity index (χ0) is 25.1. The number of nitriles is 1. The molecule has 0 aliphatic carbocycles. The van der Waals surface area contributed by atoms with Crippen LogP contribution in [-0.4, -0.2) is 45.6 Å². The average molecular weight is 473 g/mol. The largest absolute Gasteiger partial charge is 0.383 e. The minimum absolute atomic E-state index is 0.166. The molecular formula is C28H32N4O3. The molecule has 182 valence electrons. The molecule has 1 fully saturated rings. The molecule has 4 rings (SSSR count). The Balaban J connectivity index is 1.49. The van der Waals surface area contributed by atoms with Gasteiger partial charge in [-0.1, -0.05) is 19.9 Å². The number of carbonyl (C=O) groups is 2. The summed E-state index contributed by atoms with van der Waals surface area (Å²) in [5.74, 6) is 0.140. The smallest absolute Gasteiger partial charge is 0.255 e. The van der Waals surface area contributed by atoms with E-state index in [2.05, 4.69) is 22.1 Å². The fourth-order valence-electron chi connectivity index (χ4n) is 4.93. The molecule has 1 aliphatic rings. The predicted octanol–water partition coefficient (Wildman–Crippen LogP) is 4.42. The topological polar surface area (TPSA) is 98.4 Å². The first-order chi connectivity index (χ1) is 16.8. The summed E-state index contributed by atoms with van der Waals surface area (Å²) in [6.07, 6.45) is 3.36. The van der Waals surface area contributed by atoms with Crippen LogP contribution in [0.2, 0.25) is 0 Å². The van der Waals surface area contributed by atoms with E-state index in [-0.39, 0.29) is 17.7 Å². The van der Waals surface area contributed by atoms with Gasteiger partial charge in [0.15, 0.2) is 0 Å². The molecular weight excluding hydrogens is 440 g/mol. The van der Waals surface area contributed by atoms with E-state index >= 15 is 0 Å². The first-order valence-corrected chi connectivity index (χ1v) is 12.1. The van der Waals surface area contributed by atoms with Crippen molar-refractivity contribution in [2.24, 2.45) is 13.0 Å². The maximum absolute atomic E-state index is 12.7. The van der Waals surface area contributed by atoms with Gasteiger partial charge in [-0.2, -0.15) is 5.26 Å².